The monoisotopic (exact) mass is 849 g/mol. The third-order valence-electron chi connectivity index (χ3n) is 12.2. The summed E-state index contributed by atoms with van der Waals surface area (Å²) in [5.74, 6) is 0.771. The zero-order valence-corrected chi connectivity index (χ0v) is 41.1. The molecule has 0 rings (SSSR count). The fourth-order valence-corrected chi connectivity index (χ4v) is 8.17. The summed E-state index contributed by atoms with van der Waals surface area (Å²) in [6.45, 7) is 11.3. The molecule has 0 aliphatic carbocycles. The fourth-order valence-electron chi connectivity index (χ4n) is 8.17. The largest absolute Gasteiger partial charge is 0.462 e. The lowest BCUT2D eigenvalue weighted by Gasteiger charge is -2.18. The predicted octanol–water partition coefficient (Wildman–Crippen LogP) is 17.3. The first-order valence-electron chi connectivity index (χ1n) is 26.7. The highest BCUT2D eigenvalue weighted by atomic mass is 16.6. The van der Waals surface area contributed by atoms with Crippen molar-refractivity contribution in [3.05, 3.63) is 0 Å². The molecule has 0 saturated carbocycles. The lowest BCUT2D eigenvalue weighted by molar-refractivity contribution is -0.167. The Bertz CT molecular complexity index is 916. The van der Waals surface area contributed by atoms with Crippen LogP contribution >= 0.6 is 0 Å². The van der Waals surface area contributed by atoms with Crippen LogP contribution in [0, 0.1) is 11.8 Å². The van der Waals surface area contributed by atoms with Crippen LogP contribution in [0.15, 0.2) is 0 Å². The molecular weight excluding hydrogens is 745 g/mol. The Morgan fingerprint density at radius 1 is 0.317 bits per heavy atom. The van der Waals surface area contributed by atoms with Crippen LogP contribution < -0.4 is 0 Å². The molecule has 60 heavy (non-hydrogen) atoms. The Morgan fingerprint density at radius 2 is 0.550 bits per heavy atom. The molecule has 0 N–H and O–H groups in total. The molecule has 0 amide bonds. The minimum absolute atomic E-state index is 0.0638. The van der Waals surface area contributed by atoms with Gasteiger partial charge >= 0.3 is 17.9 Å². The molecule has 6 nitrogen and oxygen atoms in total. The van der Waals surface area contributed by atoms with Crippen molar-refractivity contribution in [1.29, 1.82) is 0 Å². The van der Waals surface area contributed by atoms with Gasteiger partial charge in [-0.2, -0.15) is 0 Å². The molecule has 1 atom stereocenters. The van der Waals surface area contributed by atoms with Crippen molar-refractivity contribution >= 4 is 17.9 Å². The van der Waals surface area contributed by atoms with Gasteiger partial charge in [0.25, 0.3) is 0 Å². The molecule has 0 spiro atoms. The average molecular weight is 849 g/mol. The van der Waals surface area contributed by atoms with Crippen molar-refractivity contribution < 1.29 is 28.6 Å². The van der Waals surface area contributed by atoms with E-state index >= 15 is 0 Å². The van der Waals surface area contributed by atoms with Crippen molar-refractivity contribution in [2.24, 2.45) is 11.8 Å². The third-order valence-corrected chi connectivity index (χ3v) is 12.2. The second-order valence-electron chi connectivity index (χ2n) is 19.5. The van der Waals surface area contributed by atoms with Gasteiger partial charge in [0.15, 0.2) is 6.10 Å². The van der Waals surface area contributed by atoms with Crippen LogP contribution in [0.2, 0.25) is 0 Å². The Kier molecular flexibility index (Phi) is 45.7. The lowest BCUT2D eigenvalue weighted by Crippen LogP contribution is -2.30. The molecule has 6 heteroatoms. The van der Waals surface area contributed by atoms with E-state index in [-0.39, 0.29) is 31.1 Å². The van der Waals surface area contributed by atoms with Crippen LogP contribution in [-0.2, 0) is 28.6 Å². The quantitative estimate of drug-likeness (QED) is 0.0345. The second kappa shape index (κ2) is 46.9. The number of carbonyl (C=O) groups is 3. The van der Waals surface area contributed by atoms with Gasteiger partial charge in [0.2, 0.25) is 0 Å². The van der Waals surface area contributed by atoms with E-state index in [1.165, 1.54) is 186 Å². The molecule has 0 aromatic rings. The van der Waals surface area contributed by atoms with Crippen LogP contribution in [0.1, 0.15) is 298 Å². The summed E-state index contributed by atoms with van der Waals surface area (Å²) >= 11 is 0. The van der Waals surface area contributed by atoms with Crippen molar-refractivity contribution in [2.45, 2.75) is 304 Å². The van der Waals surface area contributed by atoms with Gasteiger partial charge in [-0.25, -0.2) is 0 Å². The molecule has 0 fully saturated rings. The fraction of sp³-hybridized carbons (Fsp3) is 0.944. The third kappa shape index (κ3) is 47.5. The average Bonchev–Trinajstić information content (AvgIpc) is 3.22. The Balaban J connectivity index is 4.28. The number of hydrogen-bond donors (Lipinski definition) is 0. The number of rotatable bonds is 48. The summed E-state index contributed by atoms with van der Waals surface area (Å²) < 4.78 is 16.8. The van der Waals surface area contributed by atoms with E-state index in [4.69, 9.17) is 14.2 Å². The van der Waals surface area contributed by atoms with Crippen LogP contribution in [-0.4, -0.2) is 37.2 Å². The van der Waals surface area contributed by atoms with Crippen molar-refractivity contribution in [2.75, 3.05) is 13.2 Å². The smallest absolute Gasteiger partial charge is 0.306 e. The highest BCUT2D eigenvalue weighted by molar-refractivity contribution is 5.71. The van der Waals surface area contributed by atoms with E-state index in [9.17, 15) is 14.4 Å². The summed E-state index contributed by atoms with van der Waals surface area (Å²) in [5, 5.41) is 0. The van der Waals surface area contributed by atoms with Gasteiger partial charge in [-0.05, 0) is 31.1 Å². The number of ether oxygens (including phenoxy) is 3. The number of hydrogen-bond acceptors (Lipinski definition) is 6. The van der Waals surface area contributed by atoms with Crippen LogP contribution in [0.25, 0.3) is 0 Å². The summed E-state index contributed by atoms with van der Waals surface area (Å²) in [7, 11) is 0. The number of unbranched alkanes of at least 4 members (excludes halogenated alkanes) is 33. The van der Waals surface area contributed by atoms with Crippen LogP contribution in [0.4, 0.5) is 0 Å². The van der Waals surface area contributed by atoms with Gasteiger partial charge in [-0.3, -0.25) is 14.4 Å². The van der Waals surface area contributed by atoms with Gasteiger partial charge < -0.3 is 14.2 Å². The van der Waals surface area contributed by atoms with E-state index in [0.29, 0.717) is 19.3 Å². The zero-order chi connectivity index (χ0) is 44.0. The zero-order valence-electron chi connectivity index (χ0n) is 41.1. The van der Waals surface area contributed by atoms with Gasteiger partial charge in [-0.15, -0.1) is 0 Å². The van der Waals surface area contributed by atoms with Gasteiger partial charge in [0.1, 0.15) is 13.2 Å². The van der Waals surface area contributed by atoms with Crippen molar-refractivity contribution in [3.63, 3.8) is 0 Å². The molecule has 0 unspecified atom stereocenters. The van der Waals surface area contributed by atoms with Crippen molar-refractivity contribution in [3.8, 4) is 0 Å². The molecule has 0 aliphatic rings. The standard InChI is InChI=1S/C54H104O6/c1-6-7-8-9-10-11-12-13-14-15-18-21-24-29-34-39-44-52(55)58-47-51(48-59-53(56)45-40-35-31-26-28-33-38-43-50(4)5)60-54(57)46-41-36-30-25-22-19-16-17-20-23-27-32-37-42-49(2)3/h49-51H,6-48H2,1-5H3/t51-/m0/s1. The Hall–Kier alpha value is -1.59. The molecule has 0 aromatic carbocycles. The molecule has 0 bridgehead atoms. The molecule has 0 heterocycles. The molecule has 0 radical (unpaired) electrons. The number of carbonyl (C=O) groups excluding carboxylic acids is 3. The Morgan fingerprint density at radius 3 is 0.817 bits per heavy atom. The predicted molar refractivity (Wildman–Crippen MR) is 256 cm³/mol. The van der Waals surface area contributed by atoms with Gasteiger partial charge in [0.05, 0.1) is 0 Å². The van der Waals surface area contributed by atoms with E-state index in [1.807, 2.05) is 0 Å². The molecule has 0 aliphatic heterocycles. The topological polar surface area (TPSA) is 78.9 Å². The number of esters is 3. The molecular formula is C54H104O6. The first-order valence-corrected chi connectivity index (χ1v) is 26.7. The highest BCUT2D eigenvalue weighted by Gasteiger charge is 2.19. The molecule has 356 valence electrons. The SMILES string of the molecule is CCCCCCCCCCCCCCCCCCC(=O)OC[C@@H](COC(=O)CCCCCCCCCC(C)C)OC(=O)CCCCCCCCCCCCCCCC(C)C. The maximum Gasteiger partial charge on any atom is 0.306 e. The summed E-state index contributed by atoms with van der Waals surface area (Å²) in [4.78, 5) is 38.0. The minimum atomic E-state index is -0.762. The van der Waals surface area contributed by atoms with Gasteiger partial charge in [0, 0.05) is 19.3 Å². The minimum Gasteiger partial charge on any atom is -0.462 e. The summed E-state index contributed by atoms with van der Waals surface area (Å²) in [6, 6.07) is 0. The van der Waals surface area contributed by atoms with Crippen LogP contribution in [0.5, 0.6) is 0 Å². The normalized spacial score (nSPS) is 12.1. The van der Waals surface area contributed by atoms with Crippen LogP contribution in [0.3, 0.4) is 0 Å². The lowest BCUT2D eigenvalue weighted by atomic mass is 10.0. The van der Waals surface area contributed by atoms with E-state index < -0.39 is 6.10 Å². The maximum absolute atomic E-state index is 12.8. The molecule has 0 aromatic heterocycles. The summed E-state index contributed by atoms with van der Waals surface area (Å²) in [6.07, 6.45) is 48.1. The molecule has 0 saturated heterocycles. The summed E-state index contributed by atoms with van der Waals surface area (Å²) in [5.41, 5.74) is 0. The first kappa shape index (κ1) is 58.4. The second-order valence-corrected chi connectivity index (χ2v) is 19.5. The Labute approximate surface area is 374 Å². The van der Waals surface area contributed by atoms with Crippen molar-refractivity contribution in [1.82, 2.24) is 0 Å². The van der Waals surface area contributed by atoms with E-state index in [0.717, 1.165) is 69.6 Å². The van der Waals surface area contributed by atoms with E-state index in [2.05, 4.69) is 34.6 Å². The maximum atomic E-state index is 12.8. The highest BCUT2D eigenvalue weighted by Crippen LogP contribution is 2.17. The first-order chi connectivity index (χ1) is 29.2. The van der Waals surface area contributed by atoms with E-state index in [1.54, 1.807) is 0 Å². The van der Waals surface area contributed by atoms with Gasteiger partial charge in [-0.1, -0.05) is 259 Å².